The Morgan fingerprint density at radius 1 is 1.58 bits per heavy atom. The van der Waals surface area contributed by atoms with Gasteiger partial charge in [0.05, 0.1) is 0 Å². The predicted octanol–water partition coefficient (Wildman–Crippen LogP) is -1.94. The van der Waals surface area contributed by atoms with Crippen LogP contribution in [-0.2, 0) is 9.36 Å². The molecule has 0 aromatic heterocycles. The maximum Gasteiger partial charge on any atom is 0.359 e. The summed E-state index contributed by atoms with van der Waals surface area (Å²) in [6.45, 7) is 0. The molecule has 12 heavy (non-hydrogen) atoms. The SMILES string of the molecule is N=C(N)NC(C(=O)O)P(=O)(O)O. The highest BCUT2D eigenvalue weighted by Crippen LogP contribution is 2.39. The Hall–Kier alpha value is -1.11. The Balaban J connectivity index is 4.58. The Kier molecular flexibility index (Phi) is 3.20. The summed E-state index contributed by atoms with van der Waals surface area (Å²) >= 11 is 0. The molecule has 0 bridgehead atoms. The molecular weight excluding hydrogens is 189 g/mol. The van der Waals surface area contributed by atoms with Gasteiger partial charge in [0, 0.05) is 0 Å². The predicted molar refractivity (Wildman–Crippen MR) is 38.5 cm³/mol. The molecule has 0 saturated heterocycles. The van der Waals surface area contributed by atoms with Crippen molar-refractivity contribution in [3.63, 3.8) is 0 Å². The largest absolute Gasteiger partial charge is 0.479 e. The number of nitrogens with two attached hydrogens (primary N) is 1. The zero-order valence-electron chi connectivity index (χ0n) is 5.76. The molecule has 0 saturated carbocycles. The van der Waals surface area contributed by atoms with Gasteiger partial charge in [-0.25, -0.2) is 4.79 Å². The van der Waals surface area contributed by atoms with Crippen LogP contribution in [0, 0.1) is 5.41 Å². The Morgan fingerprint density at radius 2 is 2.00 bits per heavy atom. The molecule has 0 aromatic carbocycles. The van der Waals surface area contributed by atoms with Gasteiger partial charge in [0.15, 0.2) is 5.96 Å². The topological polar surface area (TPSA) is 157 Å². The summed E-state index contributed by atoms with van der Waals surface area (Å²) in [6, 6.07) is 0. The lowest BCUT2D eigenvalue weighted by atomic mass is 10.6. The van der Waals surface area contributed by atoms with Crippen molar-refractivity contribution in [1.29, 1.82) is 5.41 Å². The third-order valence-corrected chi connectivity index (χ3v) is 1.89. The van der Waals surface area contributed by atoms with Crippen LogP contribution in [0.3, 0.4) is 0 Å². The second-order valence-corrected chi connectivity index (χ2v) is 3.58. The summed E-state index contributed by atoms with van der Waals surface area (Å²) in [7, 11) is -4.82. The van der Waals surface area contributed by atoms with Crippen molar-refractivity contribution < 1.29 is 24.3 Å². The van der Waals surface area contributed by atoms with Gasteiger partial charge >= 0.3 is 13.6 Å². The van der Waals surface area contributed by atoms with Crippen LogP contribution >= 0.6 is 7.60 Å². The molecule has 0 rings (SSSR count). The first-order valence-electron chi connectivity index (χ1n) is 2.63. The van der Waals surface area contributed by atoms with Crippen molar-refractivity contribution in [2.24, 2.45) is 5.73 Å². The van der Waals surface area contributed by atoms with Crippen molar-refractivity contribution in [3.8, 4) is 0 Å². The van der Waals surface area contributed by atoms with E-state index in [4.69, 9.17) is 26.0 Å². The van der Waals surface area contributed by atoms with Gasteiger partial charge in [0.1, 0.15) is 0 Å². The van der Waals surface area contributed by atoms with Gasteiger partial charge in [-0.05, 0) is 0 Å². The normalized spacial score (nSPS) is 13.5. The van der Waals surface area contributed by atoms with Crippen LogP contribution in [0.5, 0.6) is 0 Å². The Morgan fingerprint density at radius 3 is 2.08 bits per heavy atom. The summed E-state index contributed by atoms with van der Waals surface area (Å²) in [5, 5.41) is 16.4. The molecule has 0 spiro atoms. The molecular formula is C3H8N3O5P. The third-order valence-electron chi connectivity index (χ3n) is 0.862. The number of guanidine groups is 1. The number of carboxylic acid groups (broad SMARTS) is 1. The molecule has 0 radical (unpaired) electrons. The first kappa shape index (κ1) is 10.9. The van der Waals surface area contributed by atoms with Crippen LogP contribution < -0.4 is 11.1 Å². The highest BCUT2D eigenvalue weighted by molar-refractivity contribution is 7.53. The molecule has 9 heteroatoms. The average molecular weight is 197 g/mol. The molecule has 0 aromatic rings. The van der Waals surface area contributed by atoms with Crippen molar-refractivity contribution >= 4 is 19.5 Å². The van der Waals surface area contributed by atoms with E-state index in [1.807, 2.05) is 0 Å². The average Bonchev–Trinajstić information content (AvgIpc) is 1.79. The quantitative estimate of drug-likeness (QED) is 0.174. The third kappa shape index (κ3) is 3.33. The van der Waals surface area contributed by atoms with Crippen LogP contribution in [0.1, 0.15) is 0 Å². The van der Waals surface area contributed by atoms with E-state index in [0.29, 0.717) is 0 Å². The number of carboxylic acids is 1. The molecule has 0 amide bonds. The minimum absolute atomic E-state index is 0.814. The van der Waals surface area contributed by atoms with Crippen molar-refractivity contribution in [3.05, 3.63) is 0 Å². The lowest BCUT2D eigenvalue weighted by molar-refractivity contribution is -0.137. The zero-order valence-corrected chi connectivity index (χ0v) is 6.65. The van der Waals surface area contributed by atoms with Crippen molar-refractivity contribution in [2.45, 2.75) is 5.78 Å². The minimum atomic E-state index is -4.82. The zero-order chi connectivity index (χ0) is 9.94. The van der Waals surface area contributed by atoms with E-state index in [2.05, 4.69) is 0 Å². The molecule has 7 N–H and O–H groups in total. The highest BCUT2D eigenvalue weighted by Gasteiger charge is 2.35. The van der Waals surface area contributed by atoms with E-state index in [9.17, 15) is 9.36 Å². The van der Waals surface area contributed by atoms with E-state index in [1.165, 1.54) is 0 Å². The van der Waals surface area contributed by atoms with Crippen LogP contribution in [0.2, 0.25) is 0 Å². The van der Waals surface area contributed by atoms with Gasteiger partial charge in [-0.3, -0.25) is 9.97 Å². The highest BCUT2D eigenvalue weighted by atomic mass is 31.2. The Labute approximate surface area is 67.1 Å². The van der Waals surface area contributed by atoms with Gasteiger partial charge < -0.3 is 25.9 Å². The van der Waals surface area contributed by atoms with Gasteiger partial charge in [0.2, 0.25) is 5.78 Å². The molecule has 0 aliphatic carbocycles. The van der Waals surface area contributed by atoms with E-state index in [-0.39, 0.29) is 0 Å². The van der Waals surface area contributed by atoms with Gasteiger partial charge in [-0.15, -0.1) is 0 Å². The van der Waals surface area contributed by atoms with E-state index in [0.717, 1.165) is 0 Å². The first-order valence-corrected chi connectivity index (χ1v) is 4.32. The lowest BCUT2D eigenvalue weighted by Crippen LogP contribution is -2.43. The fourth-order valence-electron chi connectivity index (χ4n) is 0.437. The number of hydrogen-bond acceptors (Lipinski definition) is 3. The number of rotatable bonds is 3. The van der Waals surface area contributed by atoms with Crippen molar-refractivity contribution in [1.82, 2.24) is 5.32 Å². The molecule has 1 atom stereocenters. The number of nitrogens with one attached hydrogen (secondary N) is 2. The monoisotopic (exact) mass is 197 g/mol. The standard InChI is InChI=1S/C3H8N3O5P/c4-3(5)6-1(2(7)8)12(9,10)11/h1H,(H,7,8)(H4,4,5,6)(H2,9,10,11). The molecule has 0 aliphatic rings. The maximum absolute atomic E-state index is 10.4. The first-order chi connectivity index (χ1) is 5.25. The van der Waals surface area contributed by atoms with Gasteiger partial charge in [0.25, 0.3) is 0 Å². The number of hydrogen-bond donors (Lipinski definition) is 6. The summed E-state index contributed by atoms with van der Waals surface area (Å²) in [4.78, 5) is 27.0. The molecule has 1 unspecified atom stereocenters. The van der Waals surface area contributed by atoms with E-state index >= 15 is 0 Å². The molecule has 0 fully saturated rings. The minimum Gasteiger partial charge on any atom is -0.479 e. The summed E-state index contributed by atoms with van der Waals surface area (Å²) in [6.07, 6.45) is 0. The fraction of sp³-hybridized carbons (Fsp3) is 0.333. The summed E-state index contributed by atoms with van der Waals surface area (Å²) in [5.41, 5.74) is 4.69. The van der Waals surface area contributed by atoms with Crippen LogP contribution in [-0.4, -0.2) is 32.6 Å². The Bertz CT molecular complexity index is 246. The van der Waals surface area contributed by atoms with Crippen molar-refractivity contribution in [2.75, 3.05) is 0 Å². The number of carbonyl (C=O) groups is 1. The summed E-state index contributed by atoms with van der Waals surface area (Å²) < 4.78 is 10.4. The van der Waals surface area contributed by atoms with Gasteiger partial charge in [-0.2, -0.15) is 0 Å². The second-order valence-electron chi connectivity index (χ2n) is 1.89. The maximum atomic E-state index is 10.4. The van der Waals surface area contributed by atoms with Crippen LogP contribution in [0.25, 0.3) is 0 Å². The van der Waals surface area contributed by atoms with E-state index < -0.39 is 25.3 Å². The number of aliphatic carboxylic acids is 1. The smallest absolute Gasteiger partial charge is 0.359 e. The molecule has 0 aliphatic heterocycles. The van der Waals surface area contributed by atoms with Crippen LogP contribution in [0.15, 0.2) is 0 Å². The van der Waals surface area contributed by atoms with Gasteiger partial charge in [-0.1, -0.05) is 0 Å². The second kappa shape index (κ2) is 3.53. The lowest BCUT2D eigenvalue weighted by Gasteiger charge is -2.14. The molecule has 70 valence electrons. The molecule has 0 heterocycles. The summed E-state index contributed by atoms with van der Waals surface area (Å²) in [5.74, 6) is -4.74. The van der Waals surface area contributed by atoms with E-state index in [1.54, 1.807) is 5.32 Å². The fourth-order valence-corrected chi connectivity index (χ4v) is 1.03. The van der Waals surface area contributed by atoms with Crippen LogP contribution in [0.4, 0.5) is 0 Å². The molecule has 8 nitrogen and oxygen atoms in total.